The summed E-state index contributed by atoms with van der Waals surface area (Å²) in [5.74, 6) is 0.504. The third kappa shape index (κ3) is 2.72. The summed E-state index contributed by atoms with van der Waals surface area (Å²) in [7, 11) is 0. The monoisotopic (exact) mass is 250 g/mol. The van der Waals surface area contributed by atoms with E-state index in [9.17, 15) is 4.79 Å². The average molecular weight is 250 g/mol. The van der Waals surface area contributed by atoms with Crippen LogP contribution in [-0.2, 0) is 6.54 Å². The molecule has 1 aromatic rings. The summed E-state index contributed by atoms with van der Waals surface area (Å²) in [4.78, 5) is 14.2. The fraction of sp³-hybridized carbons (Fsp3) is 0.692. The minimum atomic E-state index is 0.0834. The van der Waals surface area contributed by atoms with E-state index in [4.69, 9.17) is 5.73 Å². The molecular weight excluding hydrogens is 228 g/mol. The summed E-state index contributed by atoms with van der Waals surface area (Å²) in [6.07, 6.45) is 5.63. The molecule has 18 heavy (non-hydrogen) atoms. The van der Waals surface area contributed by atoms with Gasteiger partial charge >= 0.3 is 0 Å². The predicted octanol–water partition coefficient (Wildman–Crippen LogP) is 1.10. The number of nitrogens with zero attached hydrogens (tertiary/aromatic N) is 3. The van der Waals surface area contributed by atoms with Gasteiger partial charge in [-0.15, -0.1) is 0 Å². The zero-order chi connectivity index (χ0) is 13.1. The number of amides is 1. The third-order valence-corrected chi connectivity index (χ3v) is 3.69. The lowest BCUT2D eigenvalue weighted by Gasteiger charge is -2.34. The molecule has 0 aromatic carbocycles. The van der Waals surface area contributed by atoms with Gasteiger partial charge in [-0.3, -0.25) is 9.48 Å². The van der Waals surface area contributed by atoms with Crippen molar-refractivity contribution in [3.05, 3.63) is 18.0 Å². The van der Waals surface area contributed by atoms with Crippen molar-refractivity contribution >= 4 is 5.91 Å². The van der Waals surface area contributed by atoms with Crippen LogP contribution < -0.4 is 5.73 Å². The quantitative estimate of drug-likeness (QED) is 0.873. The highest BCUT2D eigenvalue weighted by Crippen LogP contribution is 2.20. The second-order valence-electron chi connectivity index (χ2n) is 5.10. The number of piperidine rings is 1. The van der Waals surface area contributed by atoms with E-state index in [1.807, 2.05) is 24.9 Å². The van der Waals surface area contributed by atoms with Crippen LogP contribution in [0.3, 0.4) is 0 Å². The van der Waals surface area contributed by atoms with Crippen molar-refractivity contribution in [3.8, 4) is 0 Å². The van der Waals surface area contributed by atoms with Gasteiger partial charge in [0.2, 0.25) is 0 Å². The van der Waals surface area contributed by atoms with Crippen LogP contribution in [0.15, 0.2) is 12.4 Å². The van der Waals surface area contributed by atoms with Gasteiger partial charge < -0.3 is 10.6 Å². The summed E-state index contributed by atoms with van der Waals surface area (Å²) >= 11 is 0. The maximum absolute atomic E-state index is 12.3. The van der Waals surface area contributed by atoms with E-state index >= 15 is 0 Å². The SMILES string of the molecule is CCn1cc(C(=O)N2CCCC(C(C)N)C2)cn1. The second kappa shape index (κ2) is 5.52. The van der Waals surface area contributed by atoms with Crippen LogP contribution in [-0.4, -0.2) is 39.7 Å². The second-order valence-corrected chi connectivity index (χ2v) is 5.10. The summed E-state index contributed by atoms with van der Waals surface area (Å²) in [5, 5.41) is 4.15. The van der Waals surface area contributed by atoms with E-state index in [2.05, 4.69) is 5.10 Å². The minimum Gasteiger partial charge on any atom is -0.338 e. The number of aromatic nitrogens is 2. The topological polar surface area (TPSA) is 64.2 Å². The van der Waals surface area contributed by atoms with Gasteiger partial charge in [-0.05, 0) is 32.6 Å². The standard InChI is InChI=1S/C13H22N4O/c1-3-17-9-12(7-15-17)13(18)16-6-4-5-11(8-16)10(2)14/h7,9-11H,3-6,8,14H2,1-2H3. The first-order valence-corrected chi connectivity index (χ1v) is 6.69. The molecule has 2 heterocycles. The van der Waals surface area contributed by atoms with Gasteiger partial charge in [0.1, 0.15) is 0 Å². The highest BCUT2D eigenvalue weighted by molar-refractivity contribution is 5.93. The van der Waals surface area contributed by atoms with Crippen molar-refractivity contribution in [2.24, 2.45) is 11.7 Å². The molecule has 2 unspecified atom stereocenters. The number of hydrogen-bond donors (Lipinski definition) is 1. The summed E-state index contributed by atoms with van der Waals surface area (Å²) < 4.78 is 1.78. The molecule has 100 valence electrons. The molecule has 0 radical (unpaired) electrons. The first kappa shape index (κ1) is 13.1. The van der Waals surface area contributed by atoms with Crippen molar-refractivity contribution in [1.29, 1.82) is 0 Å². The molecule has 1 aliphatic heterocycles. The Morgan fingerprint density at radius 3 is 3.06 bits per heavy atom. The maximum atomic E-state index is 12.3. The van der Waals surface area contributed by atoms with Crippen LogP contribution in [0.25, 0.3) is 0 Å². The molecule has 0 bridgehead atoms. The Hall–Kier alpha value is -1.36. The Kier molecular flexibility index (Phi) is 4.01. The van der Waals surface area contributed by atoms with E-state index in [1.54, 1.807) is 10.9 Å². The van der Waals surface area contributed by atoms with E-state index in [0.29, 0.717) is 11.5 Å². The molecule has 1 aromatic heterocycles. The molecule has 0 spiro atoms. The number of likely N-dealkylation sites (tertiary alicyclic amines) is 1. The maximum Gasteiger partial charge on any atom is 0.257 e. The van der Waals surface area contributed by atoms with Crippen LogP contribution in [0.1, 0.15) is 37.0 Å². The lowest BCUT2D eigenvalue weighted by Crippen LogP contribution is -2.45. The minimum absolute atomic E-state index is 0.0834. The molecule has 1 fully saturated rings. The average Bonchev–Trinajstić information content (AvgIpc) is 2.86. The Balaban J connectivity index is 2.04. The molecule has 0 aliphatic carbocycles. The van der Waals surface area contributed by atoms with Crippen LogP contribution in [0.5, 0.6) is 0 Å². The number of carbonyl (C=O) groups excluding carboxylic acids is 1. The van der Waals surface area contributed by atoms with Gasteiger partial charge in [-0.25, -0.2) is 0 Å². The third-order valence-electron chi connectivity index (χ3n) is 3.69. The van der Waals surface area contributed by atoms with Gasteiger partial charge in [0, 0.05) is 31.9 Å². The van der Waals surface area contributed by atoms with Gasteiger partial charge in [-0.1, -0.05) is 0 Å². The Bertz CT molecular complexity index is 413. The van der Waals surface area contributed by atoms with E-state index in [1.165, 1.54) is 0 Å². The van der Waals surface area contributed by atoms with E-state index in [-0.39, 0.29) is 11.9 Å². The van der Waals surface area contributed by atoms with E-state index in [0.717, 1.165) is 32.5 Å². The van der Waals surface area contributed by atoms with Crippen LogP contribution in [0.2, 0.25) is 0 Å². The molecule has 5 nitrogen and oxygen atoms in total. The molecule has 1 amide bonds. The Morgan fingerprint density at radius 1 is 1.67 bits per heavy atom. The number of rotatable bonds is 3. The van der Waals surface area contributed by atoms with Crippen LogP contribution >= 0.6 is 0 Å². The molecule has 0 saturated carbocycles. The highest BCUT2D eigenvalue weighted by Gasteiger charge is 2.26. The first-order valence-electron chi connectivity index (χ1n) is 6.69. The van der Waals surface area contributed by atoms with E-state index < -0.39 is 0 Å². The number of carbonyl (C=O) groups is 1. The number of hydrogen-bond acceptors (Lipinski definition) is 3. The number of aryl methyl sites for hydroxylation is 1. The molecule has 2 N–H and O–H groups in total. The van der Waals surface area contributed by atoms with Gasteiger partial charge in [0.05, 0.1) is 11.8 Å². The normalized spacial score (nSPS) is 21.9. The lowest BCUT2D eigenvalue weighted by atomic mass is 9.92. The molecule has 1 aliphatic rings. The summed E-state index contributed by atoms with van der Waals surface area (Å²) in [6, 6.07) is 0.152. The fourth-order valence-corrected chi connectivity index (χ4v) is 2.45. The molecule has 5 heteroatoms. The first-order chi connectivity index (χ1) is 8.61. The van der Waals surface area contributed by atoms with Crippen molar-refractivity contribution in [2.45, 2.75) is 39.3 Å². The Labute approximate surface area is 108 Å². The predicted molar refractivity (Wildman–Crippen MR) is 70.2 cm³/mol. The van der Waals surface area contributed by atoms with Crippen molar-refractivity contribution in [2.75, 3.05) is 13.1 Å². The zero-order valence-electron chi connectivity index (χ0n) is 11.2. The largest absolute Gasteiger partial charge is 0.338 e. The smallest absolute Gasteiger partial charge is 0.257 e. The van der Waals surface area contributed by atoms with Gasteiger partial charge in [-0.2, -0.15) is 5.10 Å². The molecule has 2 rings (SSSR count). The van der Waals surface area contributed by atoms with Crippen molar-refractivity contribution in [1.82, 2.24) is 14.7 Å². The number of nitrogens with two attached hydrogens (primary N) is 1. The van der Waals surface area contributed by atoms with Crippen molar-refractivity contribution in [3.63, 3.8) is 0 Å². The summed E-state index contributed by atoms with van der Waals surface area (Å²) in [5.41, 5.74) is 6.62. The van der Waals surface area contributed by atoms with Crippen LogP contribution in [0.4, 0.5) is 0 Å². The summed E-state index contributed by atoms with van der Waals surface area (Å²) in [6.45, 7) is 6.42. The van der Waals surface area contributed by atoms with Gasteiger partial charge in [0.25, 0.3) is 5.91 Å². The highest BCUT2D eigenvalue weighted by atomic mass is 16.2. The molecule has 1 saturated heterocycles. The fourth-order valence-electron chi connectivity index (χ4n) is 2.45. The molecule has 2 atom stereocenters. The molecular formula is C13H22N4O. The van der Waals surface area contributed by atoms with Crippen LogP contribution in [0, 0.1) is 5.92 Å². The zero-order valence-corrected chi connectivity index (χ0v) is 11.2. The van der Waals surface area contributed by atoms with Gasteiger partial charge in [0.15, 0.2) is 0 Å². The Morgan fingerprint density at radius 2 is 2.44 bits per heavy atom. The van der Waals surface area contributed by atoms with Crippen molar-refractivity contribution < 1.29 is 4.79 Å². The lowest BCUT2D eigenvalue weighted by molar-refractivity contribution is 0.0661.